The highest BCUT2D eigenvalue weighted by Crippen LogP contribution is 2.38. The molecule has 0 fully saturated rings. The van der Waals surface area contributed by atoms with Crippen molar-refractivity contribution in [1.82, 2.24) is 21.1 Å². The van der Waals surface area contributed by atoms with Gasteiger partial charge in [0, 0.05) is 12.1 Å². The molecule has 6 nitrogen and oxygen atoms in total. The number of benzene rings is 1. The van der Waals surface area contributed by atoms with Gasteiger partial charge in [-0.15, -0.1) is 22.0 Å². The lowest BCUT2D eigenvalue weighted by Gasteiger charge is -2.11. The van der Waals surface area contributed by atoms with E-state index in [-0.39, 0.29) is 5.75 Å². The first-order chi connectivity index (χ1) is 12.2. The maximum absolute atomic E-state index is 9.63. The molecule has 0 bridgehead atoms. The second-order valence-corrected chi connectivity index (χ2v) is 7.37. The van der Waals surface area contributed by atoms with Gasteiger partial charge < -0.3 is 9.67 Å². The molecule has 130 valence electrons. The van der Waals surface area contributed by atoms with Gasteiger partial charge in [-0.2, -0.15) is 0 Å². The summed E-state index contributed by atoms with van der Waals surface area (Å²) < 4.78 is 3.48. The predicted molar refractivity (Wildman–Crippen MR) is 103 cm³/mol. The van der Waals surface area contributed by atoms with E-state index in [4.69, 9.17) is 11.6 Å². The lowest BCUT2D eigenvalue weighted by Crippen LogP contribution is -2.34. The van der Waals surface area contributed by atoms with Crippen LogP contribution in [-0.4, -0.2) is 15.5 Å². The van der Waals surface area contributed by atoms with E-state index in [2.05, 4.69) is 45.2 Å². The van der Waals surface area contributed by atoms with Crippen LogP contribution in [0.3, 0.4) is 0 Å². The highest BCUT2D eigenvalue weighted by Gasteiger charge is 2.18. The van der Waals surface area contributed by atoms with Crippen LogP contribution < -0.4 is 16.5 Å². The minimum Gasteiger partial charge on any atom is -0.508 e. The highest BCUT2D eigenvalue weighted by molar-refractivity contribution is 7.20. The summed E-state index contributed by atoms with van der Waals surface area (Å²) in [4.78, 5) is 1.07. The number of hydrogen-bond acceptors (Lipinski definition) is 6. The number of nitrogens with zero attached hydrogens (tertiary/aromatic N) is 2. The first-order valence-electron chi connectivity index (χ1n) is 8.13. The summed E-state index contributed by atoms with van der Waals surface area (Å²) in [6.07, 6.45) is 2.20. The van der Waals surface area contributed by atoms with Crippen molar-refractivity contribution in [2.45, 2.75) is 26.3 Å². The van der Waals surface area contributed by atoms with Gasteiger partial charge in [0.2, 0.25) is 0 Å². The molecule has 2 aromatic heterocycles. The number of hydrazine groups is 2. The van der Waals surface area contributed by atoms with Crippen LogP contribution in [0.25, 0.3) is 21.5 Å². The molecule has 0 atom stereocenters. The van der Waals surface area contributed by atoms with E-state index in [1.54, 1.807) is 23.5 Å². The van der Waals surface area contributed by atoms with Crippen LogP contribution in [0, 0.1) is 0 Å². The quantitative estimate of drug-likeness (QED) is 0.547. The van der Waals surface area contributed by atoms with Crippen LogP contribution in [0.5, 0.6) is 5.75 Å². The minimum absolute atomic E-state index is 0.176. The fourth-order valence-electron chi connectivity index (χ4n) is 2.97. The van der Waals surface area contributed by atoms with E-state index >= 15 is 0 Å². The van der Waals surface area contributed by atoms with Crippen LogP contribution in [0.4, 0.5) is 0 Å². The number of hydrogen-bond donors (Lipinski definition) is 4. The number of hydrazone groups is 1. The molecule has 3 heterocycles. The molecule has 4 N–H and O–H groups in total. The summed E-state index contributed by atoms with van der Waals surface area (Å²) in [5, 5.41) is 14.4. The van der Waals surface area contributed by atoms with Gasteiger partial charge in [-0.05, 0) is 36.8 Å². The summed E-state index contributed by atoms with van der Waals surface area (Å²) in [5.74, 6) is 0.960. The molecule has 1 aliphatic rings. The van der Waals surface area contributed by atoms with Crippen LogP contribution in [0.15, 0.2) is 35.4 Å². The number of phenols is 1. The number of thiophene rings is 1. The normalized spacial score (nSPS) is 13.8. The van der Waals surface area contributed by atoms with Crippen molar-refractivity contribution in [3.05, 3.63) is 40.2 Å². The molecule has 0 spiro atoms. The minimum atomic E-state index is 0.176. The first kappa shape index (κ1) is 16.3. The molecule has 1 aromatic carbocycles. The summed E-state index contributed by atoms with van der Waals surface area (Å²) in [6.45, 7) is 3.10. The van der Waals surface area contributed by atoms with Gasteiger partial charge in [0.25, 0.3) is 0 Å². The van der Waals surface area contributed by atoms with Crippen molar-refractivity contribution < 1.29 is 5.11 Å². The number of amidine groups is 1. The van der Waals surface area contributed by atoms with Gasteiger partial charge in [-0.25, -0.2) is 5.53 Å². The third kappa shape index (κ3) is 2.95. The SMILES string of the molecule is CCCCn1c(-c2ccc(O)cc2Cl)cc2sc(C3=NNNN3)cc21. The highest BCUT2D eigenvalue weighted by atomic mass is 35.5. The number of aromatic hydroxyl groups is 1. The van der Waals surface area contributed by atoms with E-state index in [1.165, 1.54) is 10.2 Å². The number of halogens is 1. The molecule has 0 unspecified atom stereocenters. The zero-order chi connectivity index (χ0) is 17.4. The Hall–Kier alpha value is -2.22. The van der Waals surface area contributed by atoms with E-state index in [9.17, 15) is 5.11 Å². The average Bonchev–Trinajstić information content (AvgIpc) is 3.29. The molecular weight excluding hydrogens is 358 g/mol. The van der Waals surface area contributed by atoms with Gasteiger partial charge in [0.05, 0.1) is 25.8 Å². The Morgan fingerprint density at radius 1 is 1.28 bits per heavy atom. The molecule has 3 aromatic rings. The van der Waals surface area contributed by atoms with Gasteiger partial charge >= 0.3 is 0 Å². The van der Waals surface area contributed by atoms with Crippen molar-refractivity contribution in [2.24, 2.45) is 5.10 Å². The maximum Gasteiger partial charge on any atom is 0.180 e. The number of nitrogens with one attached hydrogen (secondary N) is 3. The molecule has 0 radical (unpaired) electrons. The van der Waals surface area contributed by atoms with E-state index < -0.39 is 0 Å². The van der Waals surface area contributed by atoms with Crippen LogP contribution in [0.2, 0.25) is 5.02 Å². The topological polar surface area (TPSA) is 73.6 Å². The van der Waals surface area contributed by atoms with Gasteiger partial charge in [-0.3, -0.25) is 5.43 Å². The monoisotopic (exact) mass is 375 g/mol. The molecule has 1 aliphatic heterocycles. The Bertz CT molecular complexity index is 962. The molecule has 0 saturated heterocycles. The van der Waals surface area contributed by atoms with E-state index in [1.807, 2.05) is 6.07 Å². The number of rotatable bonds is 5. The zero-order valence-electron chi connectivity index (χ0n) is 13.6. The van der Waals surface area contributed by atoms with Crippen molar-refractivity contribution in [3.63, 3.8) is 0 Å². The van der Waals surface area contributed by atoms with Gasteiger partial charge in [-0.1, -0.05) is 24.9 Å². The Morgan fingerprint density at radius 2 is 2.16 bits per heavy atom. The predicted octanol–water partition coefficient (Wildman–Crippen LogP) is 3.80. The second-order valence-electron chi connectivity index (χ2n) is 5.88. The summed E-state index contributed by atoms with van der Waals surface area (Å²) in [6, 6.07) is 9.44. The standard InChI is InChI=1S/C17H18ClN5OS/c1-2-3-6-23-13(11-5-4-10(24)7-12(11)18)8-15-14(23)9-16(25-15)17-19-21-22-20-17/h4-5,7-9,21-22,24H,2-3,6H2,1H3,(H,19,20). The largest absolute Gasteiger partial charge is 0.508 e. The molecular formula is C17H18ClN5OS. The zero-order valence-corrected chi connectivity index (χ0v) is 15.2. The summed E-state index contributed by atoms with van der Waals surface area (Å²) >= 11 is 8.06. The van der Waals surface area contributed by atoms with Crippen LogP contribution in [0.1, 0.15) is 24.6 Å². The summed E-state index contributed by atoms with van der Waals surface area (Å²) in [7, 11) is 0. The Balaban J connectivity index is 1.84. The van der Waals surface area contributed by atoms with Crippen molar-refractivity contribution in [3.8, 4) is 17.0 Å². The third-order valence-corrected chi connectivity index (χ3v) is 5.58. The molecule has 0 amide bonds. The Morgan fingerprint density at radius 3 is 2.88 bits per heavy atom. The number of fused-ring (bicyclic) bond motifs is 1. The van der Waals surface area contributed by atoms with Crippen molar-refractivity contribution in [2.75, 3.05) is 0 Å². The van der Waals surface area contributed by atoms with E-state index in [0.717, 1.165) is 41.4 Å². The number of unbranched alkanes of at least 4 members (excludes halogenated alkanes) is 1. The third-order valence-electron chi connectivity index (χ3n) is 4.19. The smallest absolute Gasteiger partial charge is 0.180 e. The van der Waals surface area contributed by atoms with Crippen LogP contribution in [-0.2, 0) is 6.54 Å². The first-order valence-corrected chi connectivity index (χ1v) is 9.33. The maximum atomic E-state index is 9.63. The van der Waals surface area contributed by atoms with Crippen molar-refractivity contribution in [1.29, 1.82) is 0 Å². The van der Waals surface area contributed by atoms with Crippen molar-refractivity contribution >= 4 is 39.0 Å². The van der Waals surface area contributed by atoms with E-state index in [0.29, 0.717) is 5.02 Å². The second kappa shape index (κ2) is 6.59. The number of aryl methyl sites for hydroxylation is 1. The molecule has 0 saturated carbocycles. The van der Waals surface area contributed by atoms with Gasteiger partial charge in [0.15, 0.2) is 5.84 Å². The van der Waals surface area contributed by atoms with Gasteiger partial charge in [0.1, 0.15) is 5.75 Å². The average molecular weight is 376 g/mol. The number of aromatic nitrogens is 1. The molecule has 25 heavy (non-hydrogen) atoms. The molecule has 8 heteroatoms. The fraction of sp³-hybridized carbons (Fsp3) is 0.235. The molecule has 0 aliphatic carbocycles. The lowest BCUT2D eigenvalue weighted by atomic mass is 10.1. The summed E-state index contributed by atoms with van der Waals surface area (Å²) in [5.41, 5.74) is 11.6. The number of phenolic OH excluding ortho intramolecular Hbond substituents is 1. The van der Waals surface area contributed by atoms with Crippen LogP contribution >= 0.6 is 22.9 Å². The Labute approximate surface area is 154 Å². The fourth-order valence-corrected chi connectivity index (χ4v) is 4.28. The Kier molecular flexibility index (Phi) is 4.29. The lowest BCUT2D eigenvalue weighted by molar-refractivity contribution is 0.475. The molecule has 4 rings (SSSR count).